The van der Waals surface area contributed by atoms with Gasteiger partial charge in [-0.25, -0.2) is 0 Å². The molecular formula is C15H21NO. The Bertz CT molecular complexity index is 397. The van der Waals surface area contributed by atoms with E-state index in [0.717, 1.165) is 19.4 Å². The first-order chi connectivity index (χ1) is 8.07. The average molecular weight is 231 g/mol. The Kier molecular flexibility index (Phi) is 3.23. The predicted molar refractivity (Wildman–Crippen MR) is 69.5 cm³/mol. The first-order valence-electron chi connectivity index (χ1n) is 6.42. The number of carbonyl (C=O) groups excluding carboxylic acids is 1. The number of hydrogen-bond donors (Lipinski definition) is 0. The molecule has 2 nitrogen and oxygen atoms in total. The molecule has 1 fully saturated rings. The molecule has 2 heteroatoms. The minimum atomic E-state index is -0.162. The number of likely N-dealkylation sites (tertiary alicyclic amines) is 1. The van der Waals surface area contributed by atoms with Crippen LogP contribution in [0.25, 0.3) is 0 Å². The van der Waals surface area contributed by atoms with E-state index in [-0.39, 0.29) is 5.41 Å². The van der Waals surface area contributed by atoms with Crippen LogP contribution in [0.15, 0.2) is 30.3 Å². The average Bonchev–Trinajstić information content (AvgIpc) is 2.34. The van der Waals surface area contributed by atoms with E-state index in [4.69, 9.17) is 0 Å². The Hall–Kier alpha value is -1.31. The summed E-state index contributed by atoms with van der Waals surface area (Å²) in [7, 11) is 0. The van der Waals surface area contributed by atoms with Crippen molar-refractivity contribution in [3.63, 3.8) is 0 Å². The van der Waals surface area contributed by atoms with Gasteiger partial charge in [0.15, 0.2) is 0 Å². The summed E-state index contributed by atoms with van der Waals surface area (Å²) in [5.41, 5.74) is 1.06. The van der Waals surface area contributed by atoms with Crippen LogP contribution in [0.5, 0.6) is 0 Å². The second-order valence-corrected chi connectivity index (χ2v) is 5.44. The van der Waals surface area contributed by atoms with Gasteiger partial charge in [0.2, 0.25) is 5.91 Å². The number of carbonyl (C=O) groups is 1. The van der Waals surface area contributed by atoms with Gasteiger partial charge in [0.05, 0.1) is 5.41 Å². The van der Waals surface area contributed by atoms with Crippen LogP contribution < -0.4 is 0 Å². The van der Waals surface area contributed by atoms with Crippen LogP contribution in [-0.4, -0.2) is 16.8 Å². The summed E-state index contributed by atoms with van der Waals surface area (Å²) < 4.78 is 0. The number of hydrogen-bond acceptors (Lipinski definition) is 1. The van der Waals surface area contributed by atoms with E-state index < -0.39 is 0 Å². The van der Waals surface area contributed by atoms with Crippen LogP contribution in [0.4, 0.5) is 0 Å². The molecule has 1 heterocycles. The molecule has 0 N–H and O–H groups in total. The number of β-lactam (4-membered cyclic amide) rings is 1. The molecule has 92 valence electrons. The lowest BCUT2D eigenvalue weighted by Gasteiger charge is -2.53. The highest BCUT2D eigenvalue weighted by atomic mass is 16.2. The maximum Gasteiger partial charge on any atom is 0.230 e. The molecule has 1 saturated heterocycles. The van der Waals surface area contributed by atoms with Gasteiger partial charge in [0.25, 0.3) is 0 Å². The predicted octanol–water partition coefficient (Wildman–Crippen LogP) is 3.22. The van der Waals surface area contributed by atoms with Gasteiger partial charge in [-0.15, -0.1) is 0 Å². The summed E-state index contributed by atoms with van der Waals surface area (Å²) in [4.78, 5) is 14.1. The topological polar surface area (TPSA) is 20.3 Å². The van der Waals surface area contributed by atoms with Gasteiger partial charge in [0, 0.05) is 12.6 Å². The molecule has 0 spiro atoms. The zero-order valence-electron chi connectivity index (χ0n) is 10.9. The molecular weight excluding hydrogens is 210 g/mol. The fourth-order valence-electron chi connectivity index (χ4n) is 2.73. The third-order valence-corrected chi connectivity index (χ3v) is 3.78. The van der Waals surface area contributed by atoms with Crippen molar-refractivity contribution in [3.8, 4) is 0 Å². The third kappa shape index (κ3) is 2.08. The molecule has 1 atom stereocenters. The van der Waals surface area contributed by atoms with Crippen LogP contribution in [-0.2, 0) is 11.3 Å². The Morgan fingerprint density at radius 1 is 1.24 bits per heavy atom. The van der Waals surface area contributed by atoms with E-state index in [1.165, 1.54) is 5.56 Å². The highest BCUT2D eigenvalue weighted by Gasteiger charge is 2.52. The van der Waals surface area contributed by atoms with Gasteiger partial charge in [-0.1, -0.05) is 43.7 Å². The first kappa shape index (κ1) is 12.2. The van der Waals surface area contributed by atoms with Gasteiger partial charge in [-0.3, -0.25) is 4.79 Å². The number of amides is 1. The molecule has 0 saturated carbocycles. The molecule has 17 heavy (non-hydrogen) atoms. The zero-order valence-corrected chi connectivity index (χ0v) is 10.9. The number of rotatable bonds is 4. The molecule has 1 aromatic rings. The Labute approximate surface area is 104 Å². The van der Waals surface area contributed by atoms with E-state index in [1.807, 2.05) is 23.1 Å². The second-order valence-electron chi connectivity index (χ2n) is 5.44. The second kappa shape index (κ2) is 4.52. The molecule has 2 rings (SSSR count). The van der Waals surface area contributed by atoms with Crippen molar-refractivity contribution in [2.24, 2.45) is 5.41 Å². The SMILES string of the molecule is CCCC1N(Cc2ccccc2)C(=O)C1(C)C. The fraction of sp³-hybridized carbons (Fsp3) is 0.533. The molecule has 1 aliphatic heterocycles. The third-order valence-electron chi connectivity index (χ3n) is 3.78. The van der Waals surface area contributed by atoms with E-state index in [9.17, 15) is 4.79 Å². The fourth-order valence-corrected chi connectivity index (χ4v) is 2.73. The molecule has 1 amide bonds. The summed E-state index contributed by atoms with van der Waals surface area (Å²) >= 11 is 0. The van der Waals surface area contributed by atoms with Gasteiger partial charge >= 0.3 is 0 Å². The van der Waals surface area contributed by atoms with Gasteiger partial charge < -0.3 is 4.90 Å². The van der Waals surface area contributed by atoms with Gasteiger partial charge in [-0.2, -0.15) is 0 Å². The molecule has 1 aromatic carbocycles. The lowest BCUT2D eigenvalue weighted by atomic mass is 9.72. The van der Waals surface area contributed by atoms with E-state index >= 15 is 0 Å². The molecule has 0 radical (unpaired) electrons. The molecule has 1 aliphatic rings. The summed E-state index contributed by atoms with van der Waals surface area (Å²) in [6, 6.07) is 10.6. The van der Waals surface area contributed by atoms with Crippen molar-refractivity contribution >= 4 is 5.91 Å². The van der Waals surface area contributed by atoms with Crippen molar-refractivity contribution < 1.29 is 4.79 Å². The standard InChI is InChI=1S/C15H21NO/c1-4-8-13-15(2,3)14(17)16(13)11-12-9-6-5-7-10-12/h5-7,9-10,13H,4,8,11H2,1-3H3. The summed E-state index contributed by atoms with van der Waals surface area (Å²) in [6.45, 7) is 7.07. The normalized spacial score (nSPS) is 22.4. The molecule has 0 aliphatic carbocycles. The van der Waals surface area contributed by atoms with Crippen LogP contribution in [0.3, 0.4) is 0 Å². The first-order valence-corrected chi connectivity index (χ1v) is 6.42. The lowest BCUT2D eigenvalue weighted by molar-refractivity contribution is -0.170. The molecule has 1 unspecified atom stereocenters. The quantitative estimate of drug-likeness (QED) is 0.729. The highest BCUT2D eigenvalue weighted by Crippen LogP contribution is 2.41. The van der Waals surface area contributed by atoms with E-state index in [0.29, 0.717) is 11.9 Å². The smallest absolute Gasteiger partial charge is 0.230 e. The largest absolute Gasteiger partial charge is 0.334 e. The Balaban J connectivity index is 2.09. The van der Waals surface area contributed by atoms with Gasteiger partial charge in [-0.05, 0) is 25.8 Å². The maximum atomic E-state index is 12.1. The minimum Gasteiger partial charge on any atom is -0.334 e. The zero-order chi connectivity index (χ0) is 12.5. The van der Waals surface area contributed by atoms with Crippen molar-refractivity contribution in [1.29, 1.82) is 0 Å². The monoisotopic (exact) mass is 231 g/mol. The maximum absolute atomic E-state index is 12.1. The minimum absolute atomic E-state index is 0.162. The molecule has 0 aromatic heterocycles. The van der Waals surface area contributed by atoms with Crippen LogP contribution in [0.1, 0.15) is 39.2 Å². The summed E-state index contributed by atoms with van der Waals surface area (Å²) in [5, 5.41) is 0. The summed E-state index contributed by atoms with van der Waals surface area (Å²) in [5.74, 6) is 0.291. The van der Waals surface area contributed by atoms with Crippen molar-refractivity contribution in [3.05, 3.63) is 35.9 Å². The number of nitrogens with zero attached hydrogens (tertiary/aromatic N) is 1. The van der Waals surface area contributed by atoms with Crippen LogP contribution in [0, 0.1) is 5.41 Å². The Morgan fingerprint density at radius 2 is 1.88 bits per heavy atom. The van der Waals surface area contributed by atoms with Gasteiger partial charge in [0.1, 0.15) is 0 Å². The highest BCUT2D eigenvalue weighted by molar-refractivity contribution is 5.89. The van der Waals surface area contributed by atoms with Crippen molar-refractivity contribution in [1.82, 2.24) is 4.90 Å². The van der Waals surface area contributed by atoms with Crippen LogP contribution in [0.2, 0.25) is 0 Å². The molecule has 0 bridgehead atoms. The number of benzene rings is 1. The van der Waals surface area contributed by atoms with Crippen LogP contribution >= 0.6 is 0 Å². The van der Waals surface area contributed by atoms with Crippen molar-refractivity contribution in [2.75, 3.05) is 0 Å². The summed E-state index contributed by atoms with van der Waals surface area (Å²) in [6.07, 6.45) is 2.23. The lowest BCUT2D eigenvalue weighted by Crippen LogP contribution is -2.65. The van der Waals surface area contributed by atoms with E-state index in [2.05, 4.69) is 32.9 Å². The van der Waals surface area contributed by atoms with E-state index in [1.54, 1.807) is 0 Å². The van der Waals surface area contributed by atoms with Crippen molar-refractivity contribution in [2.45, 2.75) is 46.2 Å². The Morgan fingerprint density at radius 3 is 2.47 bits per heavy atom.